The topological polar surface area (TPSA) is 121 Å². The third kappa shape index (κ3) is 5.06. The molecule has 200 valence electrons. The number of carbonyl (C=O) groups excluding carboxylic acids is 1. The number of hydrogen-bond acceptors (Lipinski definition) is 8. The predicted molar refractivity (Wildman–Crippen MR) is 145 cm³/mol. The third-order valence-corrected chi connectivity index (χ3v) is 6.69. The highest BCUT2D eigenvalue weighted by Crippen LogP contribution is 2.39. The molecule has 0 spiro atoms. The summed E-state index contributed by atoms with van der Waals surface area (Å²) in [5.41, 5.74) is 2.11. The Hall–Kier alpha value is -3.99. The second-order valence-corrected chi connectivity index (χ2v) is 11.2. The van der Waals surface area contributed by atoms with Gasteiger partial charge in [-0.1, -0.05) is 20.8 Å². The molecule has 5 rings (SSSR count). The van der Waals surface area contributed by atoms with Crippen LogP contribution in [0.2, 0.25) is 0 Å². The highest BCUT2D eigenvalue weighted by Gasteiger charge is 2.40. The van der Waals surface area contributed by atoms with E-state index in [4.69, 9.17) is 14.6 Å². The summed E-state index contributed by atoms with van der Waals surface area (Å²) in [6.45, 7) is 13.0. The number of fused-ring (bicyclic) bond motifs is 1. The highest BCUT2D eigenvalue weighted by atomic mass is 16.5. The summed E-state index contributed by atoms with van der Waals surface area (Å²) in [6, 6.07) is 7.48. The fourth-order valence-corrected chi connectivity index (χ4v) is 4.74. The molecule has 4 aromatic rings. The molecule has 0 unspecified atom stereocenters. The first-order chi connectivity index (χ1) is 17.9. The molecule has 11 heteroatoms. The van der Waals surface area contributed by atoms with Gasteiger partial charge in [0.15, 0.2) is 11.5 Å². The van der Waals surface area contributed by atoms with Crippen molar-refractivity contribution in [2.24, 2.45) is 7.05 Å². The van der Waals surface area contributed by atoms with Crippen LogP contribution >= 0.6 is 0 Å². The molecular weight excluding hydrogens is 484 g/mol. The summed E-state index contributed by atoms with van der Waals surface area (Å²) in [5.74, 6) is 2.62. The van der Waals surface area contributed by atoms with Gasteiger partial charge in [0.25, 0.3) is 0 Å². The van der Waals surface area contributed by atoms with Crippen LogP contribution in [0, 0.1) is 0 Å². The molecule has 11 nitrogen and oxygen atoms in total. The molecule has 1 amide bonds. The van der Waals surface area contributed by atoms with E-state index in [1.54, 1.807) is 24.5 Å². The van der Waals surface area contributed by atoms with E-state index in [-0.39, 0.29) is 23.0 Å². The number of aryl methyl sites for hydroxylation is 1. The van der Waals surface area contributed by atoms with Crippen LogP contribution in [0.5, 0.6) is 11.5 Å². The van der Waals surface area contributed by atoms with Gasteiger partial charge in [0, 0.05) is 56.1 Å². The zero-order valence-electron chi connectivity index (χ0n) is 22.9. The van der Waals surface area contributed by atoms with Crippen molar-refractivity contribution in [3.05, 3.63) is 42.4 Å². The van der Waals surface area contributed by atoms with Gasteiger partial charge in [-0.05, 0) is 26.3 Å². The van der Waals surface area contributed by atoms with Crippen LogP contribution in [0.1, 0.15) is 59.7 Å². The maximum Gasteiger partial charge on any atom is 0.222 e. The maximum absolute atomic E-state index is 11.3. The number of nitrogens with zero attached hydrogens (tertiary/aromatic N) is 6. The van der Waals surface area contributed by atoms with E-state index in [1.807, 2.05) is 17.7 Å². The van der Waals surface area contributed by atoms with Crippen molar-refractivity contribution < 1.29 is 14.3 Å². The summed E-state index contributed by atoms with van der Waals surface area (Å²) in [4.78, 5) is 24.6. The number of carbonyl (C=O) groups is 1. The molecule has 38 heavy (non-hydrogen) atoms. The molecule has 1 fully saturated rings. The summed E-state index contributed by atoms with van der Waals surface area (Å²) in [7, 11) is 1.92. The average molecular weight is 519 g/mol. The van der Waals surface area contributed by atoms with Gasteiger partial charge in [0.2, 0.25) is 11.9 Å². The van der Waals surface area contributed by atoms with Gasteiger partial charge in [-0.2, -0.15) is 10.1 Å². The summed E-state index contributed by atoms with van der Waals surface area (Å²) in [6.07, 6.45) is 4.11. The van der Waals surface area contributed by atoms with E-state index in [1.165, 1.54) is 6.92 Å². The lowest BCUT2D eigenvalue weighted by atomic mass is 9.90. The Labute approximate surface area is 221 Å². The molecule has 2 N–H and O–H groups in total. The van der Waals surface area contributed by atoms with E-state index >= 15 is 0 Å². The van der Waals surface area contributed by atoms with Gasteiger partial charge in [-0.25, -0.2) is 9.97 Å². The number of aromatic nitrogens is 6. The highest BCUT2D eigenvalue weighted by molar-refractivity contribution is 5.87. The van der Waals surface area contributed by atoms with Gasteiger partial charge in [0.1, 0.15) is 17.3 Å². The first-order valence-corrected chi connectivity index (χ1v) is 12.7. The molecule has 5 heterocycles. The SMILES string of the molecule is CC(=O)Nc1cc(Oc2cnc3nc(Nc4cc(C(C)(C)C)n([C@H]5CCOC5(C)C)n4)n(C)c3c2)ccn1. The van der Waals surface area contributed by atoms with Gasteiger partial charge in [-0.3, -0.25) is 9.48 Å². The van der Waals surface area contributed by atoms with Crippen LogP contribution in [-0.4, -0.2) is 47.4 Å². The standard InChI is InChI=1S/C27H34N8O3/c1-16(36)30-22-13-17(8-10-28-22)38-18-12-19-24(29-15-18)32-25(34(19)7)31-23-14-21(26(2,3)4)35(33-23)20-9-11-37-27(20,5)6/h8,10,12-15,20H,9,11H2,1-7H3,(H,28,30,36)(H,29,31,32,33)/t20-/m0/s1. The Morgan fingerprint density at radius 1 is 1.16 bits per heavy atom. The molecule has 1 saturated heterocycles. The molecule has 1 aliphatic heterocycles. The number of rotatable bonds is 6. The molecule has 0 saturated carbocycles. The quantitative estimate of drug-likeness (QED) is 0.362. The summed E-state index contributed by atoms with van der Waals surface area (Å²) >= 11 is 0. The molecule has 0 aliphatic carbocycles. The Balaban J connectivity index is 1.42. The van der Waals surface area contributed by atoms with Gasteiger partial charge in [0.05, 0.1) is 23.4 Å². The zero-order valence-corrected chi connectivity index (χ0v) is 22.9. The van der Waals surface area contributed by atoms with Crippen molar-refractivity contribution in [2.45, 2.75) is 65.0 Å². The van der Waals surface area contributed by atoms with E-state index in [0.717, 1.165) is 30.1 Å². The normalized spacial score (nSPS) is 17.1. The van der Waals surface area contributed by atoms with Crippen LogP contribution < -0.4 is 15.4 Å². The minimum atomic E-state index is -0.292. The second kappa shape index (κ2) is 9.39. The minimum absolute atomic E-state index is 0.0987. The van der Waals surface area contributed by atoms with E-state index in [9.17, 15) is 4.79 Å². The fourth-order valence-electron chi connectivity index (χ4n) is 4.74. The Kier molecular flexibility index (Phi) is 6.34. The molecular formula is C27H34N8O3. The van der Waals surface area contributed by atoms with Crippen LogP contribution in [0.3, 0.4) is 0 Å². The Morgan fingerprint density at radius 2 is 1.95 bits per heavy atom. The minimum Gasteiger partial charge on any atom is -0.455 e. The lowest BCUT2D eigenvalue weighted by molar-refractivity contribution is -0.114. The van der Waals surface area contributed by atoms with Crippen LogP contribution in [-0.2, 0) is 22.0 Å². The van der Waals surface area contributed by atoms with Crippen molar-refractivity contribution in [1.82, 2.24) is 29.3 Å². The number of amides is 1. The molecule has 0 radical (unpaired) electrons. The Morgan fingerprint density at radius 3 is 2.63 bits per heavy atom. The van der Waals surface area contributed by atoms with Gasteiger partial charge >= 0.3 is 0 Å². The molecule has 0 bridgehead atoms. The smallest absolute Gasteiger partial charge is 0.222 e. The van der Waals surface area contributed by atoms with Crippen molar-refractivity contribution in [3.8, 4) is 11.5 Å². The first-order valence-electron chi connectivity index (χ1n) is 12.7. The largest absolute Gasteiger partial charge is 0.455 e. The van der Waals surface area contributed by atoms with Crippen molar-refractivity contribution in [1.29, 1.82) is 0 Å². The number of imidazole rings is 1. The number of anilines is 3. The van der Waals surface area contributed by atoms with Crippen LogP contribution in [0.4, 0.5) is 17.6 Å². The number of nitrogens with one attached hydrogen (secondary N) is 2. The summed E-state index contributed by atoms with van der Waals surface area (Å²) in [5, 5.41) is 11.0. The zero-order chi connectivity index (χ0) is 27.2. The molecule has 1 aliphatic rings. The molecule has 4 aromatic heterocycles. The van der Waals surface area contributed by atoms with Crippen molar-refractivity contribution in [3.63, 3.8) is 0 Å². The van der Waals surface area contributed by atoms with Crippen molar-refractivity contribution >= 4 is 34.7 Å². The molecule has 0 aromatic carbocycles. The number of hydrogen-bond donors (Lipinski definition) is 2. The lowest BCUT2D eigenvalue weighted by Crippen LogP contribution is -2.33. The van der Waals surface area contributed by atoms with E-state index in [0.29, 0.717) is 28.9 Å². The van der Waals surface area contributed by atoms with Crippen molar-refractivity contribution in [2.75, 3.05) is 17.2 Å². The fraction of sp³-hybridized carbons (Fsp3) is 0.444. The number of ether oxygens (including phenoxy) is 2. The predicted octanol–water partition coefficient (Wildman–Crippen LogP) is 5.09. The molecule has 1 atom stereocenters. The third-order valence-electron chi connectivity index (χ3n) is 6.69. The lowest BCUT2D eigenvalue weighted by Gasteiger charge is -2.30. The monoisotopic (exact) mass is 518 g/mol. The van der Waals surface area contributed by atoms with Gasteiger partial charge in [-0.15, -0.1) is 0 Å². The van der Waals surface area contributed by atoms with E-state index < -0.39 is 0 Å². The first kappa shape index (κ1) is 25.7. The average Bonchev–Trinajstić information content (AvgIpc) is 3.49. The van der Waals surface area contributed by atoms with E-state index in [2.05, 4.69) is 71.0 Å². The Bertz CT molecular complexity index is 1500. The van der Waals surface area contributed by atoms with Crippen LogP contribution in [0.25, 0.3) is 11.2 Å². The summed E-state index contributed by atoms with van der Waals surface area (Å²) < 4.78 is 16.0. The van der Waals surface area contributed by atoms with Crippen LogP contribution in [0.15, 0.2) is 36.7 Å². The van der Waals surface area contributed by atoms with Gasteiger partial charge < -0.3 is 24.7 Å². The second-order valence-electron chi connectivity index (χ2n) is 11.2. The maximum atomic E-state index is 11.3. The number of pyridine rings is 2.